The minimum atomic E-state index is -0.121. The average molecular weight is 250 g/mol. The number of anilines is 1. The maximum Gasteiger partial charge on any atom is 0.104 e. The second-order valence-corrected chi connectivity index (χ2v) is 3.82. The number of para-hydroxylation sites is 1. The van der Waals surface area contributed by atoms with Crippen molar-refractivity contribution in [3.8, 4) is 11.8 Å². The quantitative estimate of drug-likeness (QED) is 0.499. The van der Waals surface area contributed by atoms with Crippen LogP contribution in [0.2, 0.25) is 0 Å². The number of nitrogens with one attached hydrogen (secondary N) is 1. The lowest BCUT2D eigenvalue weighted by Crippen LogP contribution is -1.90. The van der Waals surface area contributed by atoms with Crippen LogP contribution in [0.15, 0.2) is 59.7 Å². The highest BCUT2D eigenvalue weighted by atomic mass is 16.2. The van der Waals surface area contributed by atoms with E-state index in [1.807, 2.05) is 54.6 Å². The molecule has 0 heterocycles. The van der Waals surface area contributed by atoms with E-state index in [0.717, 1.165) is 16.8 Å². The summed E-state index contributed by atoms with van der Waals surface area (Å²) in [5, 5.41) is 12.8. The first-order chi connectivity index (χ1) is 9.38. The Balaban J connectivity index is 1.96. The Morgan fingerprint density at radius 3 is 2.47 bits per heavy atom. The first kappa shape index (κ1) is 12.9. The largest absolute Gasteiger partial charge is 0.384 e. The average Bonchev–Trinajstić information content (AvgIpc) is 2.47. The summed E-state index contributed by atoms with van der Waals surface area (Å²) in [5.41, 5.74) is 5.76. The van der Waals surface area contributed by atoms with Crippen LogP contribution < -0.4 is 5.43 Å². The molecule has 0 aromatic heterocycles. The Morgan fingerprint density at radius 1 is 1.05 bits per heavy atom. The summed E-state index contributed by atoms with van der Waals surface area (Å²) < 4.78 is 0. The molecule has 0 aliphatic heterocycles. The molecule has 94 valence electrons. The molecule has 0 unspecified atom stereocenters. The molecule has 2 N–H and O–H groups in total. The molecule has 3 heteroatoms. The topological polar surface area (TPSA) is 44.6 Å². The number of benzene rings is 2. The van der Waals surface area contributed by atoms with Gasteiger partial charge in [-0.1, -0.05) is 42.2 Å². The van der Waals surface area contributed by atoms with Gasteiger partial charge < -0.3 is 5.11 Å². The van der Waals surface area contributed by atoms with Crippen molar-refractivity contribution in [1.82, 2.24) is 0 Å². The van der Waals surface area contributed by atoms with Crippen LogP contribution in [0.3, 0.4) is 0 Å². The monoisotopic (exact) mass is 250 g/mol. The Hall–Kier alpha value is -2.57. The molecule has 0 atom stereocenters. The summed E-state index contributed by atoms with van der Waals surface area (Å²) in [6.45, 7) is -0.121. The van der Waals surface area contributed by atoms with E-state index in [-0.39, 0.29) is 6.61 Å². The lowest BCUT2D eigenvalue weighted by Gasteiger charge is -1.98. The summed E-state index contributed by atoms with van der Waals surface area (Å²) in [5.74, 6) is 5.45. The van der Waals surface area contributed by atoms with E-state index in [1.165, 1.54) is 0 Å². The summed E-state index contributed by atoms with van der Waals surface area (Å²) >= 11 is 0. The highest BCUT2D eigenvalue weighted by Crippen LogP contribution is 2.05. The lowest BCUT2D eigenvalue weighted by molar-refractivity contribution is 0.350. The van der Waals surface area contributed by atoms with Crippen molar-refractivity contribution in [1.29, 1.82) is 0 Å². The minimum absolute atomic E-state index is 0.121. The van der Waals surface area contributed by atoms with Crippen molar-refractivity contribution >= 4 is 11.9 Å². The van der Waals surface area contributed by atoms with Gasteiger partial charge in [-0.05, 0) is 29.8 Å². The molecule has 0 aliphatic rings. The molecular weight excluding hydrogens is 236 g/mol. The van der Waals surface area contributed by atoms with Crippen LogP contribution in [0.5, 0.6) is 0 Å². The highest BCUT2D eigenvalue weighted by molar-refractivity contribution is 5.80. The standard InChI is InChI=1S/C16H14N2O/c19-12-4-5-14-8-10-15(11-9-14)13-17-18-16-6-2-1-3-7-16/h1-3,6-11,13,18-19H,12H2. The van der Waals surface area contributed by atoms with Gasteiger partial charge in [0.15, 0.2) is 0 Å². The second-order valence-electron chi connectivity index (χ2n) is 3.82. The van der Waals surface area contributed by atoms with Gasteiger partial charge in [0.05, 0.1) is 11.9 Å². The normalized spacial score (nSPS) is 9.95. The van der Waals surface area contributed by atoms with Gasteiger partial charge in [-0.3, -0.25) is 5.43 Å². The van der Waals surface area contributed by atoms with E-state index in [9.17, 15) is 0 Å². The summed E-state index contributed by atoms with van der Waals surface area (Å²) in [6.07, 6.45) is 1.75. The molecule has 3 nitrogen and oxygen atoms in total. The third-order valence-corrected chi connectivity index (χ3v) is 2.40. The second kappa shape index (κ2) is 7.00. The molecule has 0 saturated carbocycles. The van der Waals surface area contributed by atoms with E-state index in [2.05, 4.69) is 22.4 Å². The van der Waals surface area contributed by atoms with Crippen molar-refractivity contribution in [3.63, 3.8) is 0 Å². The van der Waals surface area contributed by atoms with Gasteiger partial charge in [-0.15, -0.1) is 0 Å². The SMILES string of the molecule is OCC#Cc1ccc(C=NNc2ccccc2)cc1. The van der Waals surface area contributed by atoms with Crippen molar-refractivity contribution in [2.24, 2.45) is 5.10 Å². The number of hydrogen-bond donors (Lipinski definition) is 2. The van der Waals surface area contributed by atoms with E-state index in [0.29, 0.717) is 0 Å². The number of rotatable bonds is 3. The molecule has 19 heavy (non-hydrogen) atoms. The molecule has 0 bridgehead atoms. The van der Waals surface area contributed by atoms with E-state index in [1.54, 1.807) is 6.21 Å². The molecule has 0 fully saturated rings. The molecule has 2 aromatic rings. The first-order valence-electron chi connectivity index (χ1n) is 5.92. The molecule has 0 radical (unpaired) electrons. The van der Waals surface area contributed by atoms with Crippen molar-refractivity contribution in [2.45, 2.75) is 0 Å². The fourth-order valence-electron chi connectivity index (χ4n) is 1.49. The predicted molar refractivity (Wildman–Crippen MR) is 78.1 cm³/mol. The zero-order valence-corrected chi connectivity index (χ0v) is 10.4. The molecule has 0 amide bonds. The molecular formula is C16H14N2O. The van der Waals surface area contributed by atoms with Crippen molar-refractivity contribution in [2.75, 3.05) is 12.0 Å². The van der Waals surface area contributed by atoms with Gasteiger partial charge in [0.25, 0.3) is 0 Å². The molecule has 0 aliphatic carbocycles. The van der Waals surface area contributed by atoms with Crippen LogP contribution in [-0.4, -0.2) is 17.9 Å². The van der Waals surface area contributed by atoms with Gasteiger partial charge in [0, 0.05) is 5.56 Å². The molecule has 2 aromatic carbocycles. The third-order valence-electron chi connectivity index (χ3n) is 2.40. The fraction of sp³-hybridized carbons (Fsp3) is 0.0625. The van der Waals surface area contributed by atoms with Gasteiger partial charge in [-0.2, -0.15) is 5.10 Å². The van der Waals surface area contributed by atoms with Gasteiger partial charge in [-0.25, -0.2) is 0 Å². The molecule has 0 saturated heterocycles. The third kappa shape index (κ3) is 4.30. The molecule has 2 rings (SSSR count). The Labute approximate surface area is 112 Å². The van der Waals surface area contributed by atoms with Gasteiger partial charge >= 0.3 is 0 Å². The van der Waals surface area contributed by atoms with Crippen molar-refractivity contribution < 1.29 is 5.11 Å². The van der Waals surface area contributed by atoms with E-state index < -0.39 is 0 Å². The number of nitrogens with zero attached hydrogens (tertiary/aromatic N) is 1. The van der Waals surface area contributed by atoms with Crippen LogP contribution in [0.4, 0.5) is 5.69 Å². The van der Waals surface area contributed by atoms with Gasteiger partial charge in [0.2, 0.25) is 0 Å². The zero-order valence-electron chi connectivity index (χ0n) is 10.4. The summed E-state index contributed by atoms with van der Waals surface area (Å²) in [4.78, 5) is 0. The van der Waals surface area contributed by atoms with Crippen molar-refractivity contribution in [3.05, 3.63) is 65.7 Å². The Morgan fingerprint density at radius 2 is 1.79 bits per heavy atom. The Bertz CT molecular complexity index is 592. The smallest absolute Gasteiger partial charge is 0.104 e. The Kier molecular flexibility index (Phi) is 4.74. The van der Waals surface area contributed by atoms with Crippen LogP contribution in [0, 0.1) is 11.8 Å². The number of aliphatic hydroxyl groups excluding tert-OH is 1. The van der Waals surface area contributed by atoms with Crippen LogP contribution in [-0.2, 0) is 0 Å². The number of hydrogen-bond acceptors (Lipinski definition) is 3. The zero-order chi connectivity index (χ0) is 13.3. The van der Waals surface area contributed by atoms with Crippen LogP contribution in [0.25, 0.3) is 0 Å². The maximum atomic E-state index is 8.60. The number of aliphatic hydroxyl groups is 1. The summed E-state index contributed by atoms with van der Waals surface area (Å²) in [6, 6.07) is 17.4. The maximum absolute atomic E-state index is 8.60. The van der Waals surface area contributed by atoms with E-state index in [4.69, 9.17) is 5.11 Å². The summed E-state index contributed by atoms with van der Waals surface area (Å²) in [7, 11) is 0. The fourth-order valence-corrected chi connectivity index (χ4v) is 1.49. The van der Waals surface area contributed by atoms with E-state index >= 15 is 0 Å². The molecule has 0 spiro atoms. The van der Waals surface area contributed by atoms with Crippen LogP contribution >= 0.6 is 0 Å². The lowest BCUT2D eigenvalue weighted by atomic mass is 10.1. The number of hydrazone groups is 1. The first-order valence-corrected chi connectivity index (χ1v) is 5.92. The highest BCUT2D eigenvalue weighted by Gasteiger charge is 1.89. The predicted octanol–water partition coefficient (Wildman–Crippen LogP) is 2.48. The van der Waals surface area contributed by atoms with Crippen LogP contribution in [0.1, 0.15) is 11.1 Å². The van der Waals surface area contributed by atoms with Gasteiger partial charge in [0.1, 0.15) is 6.61 Å². The minimum Gasteiger partial charge on any atom is -0.384 e.